The fraction of sp³-hybridized carbons (Fsp3) is 0.222. The summed E-state index contributed by atoms with van der Waals surface area (Å²) in [7, 11) is 0. The highest BCUT2D eigenvalue weighted by molar-refractivity contribution is 6.07. The van der Waals surface area contributed by atoms with Crippen molar-refractivity contribution in [3.63, 3.8) is 0 Å². The lowest BCUT2D eigenvalue weighted by atomic mass is 10.1. The second kappa shape index (κ2) is 6.62. The van der Waals surface area contributed by atoms with Crippen LogP contribution in [0.5, 0.6) is 0 Å². The van der Waals surface area contributed by atoms with Gasteiger partial charge in [0.15, 0.2) is 0 Å². The van der Waals surface area contributed by atoms with Crippen LogP contribution in [0.15, 0.2) is 36.4 Å². The highest BCUT2D eigenvalue weighted by Crippen LogP contribution is 2.24. The molecule has 3 rings (SSSR count). The molecule has 0 aliphatic heterocycles. The molecule has 0 saturated carbocycles. The van der Waals surface area contributed by atoms with Gasteiger partial charge in [-0.3, -0.25) is 0 Å². The molecule has 0 fully saturated rings. The van der Waals surface area contributed by atoms with E-state index in [1.807, 2.05) is 12.1 Å². The first-order valence-electron chi connectivity index (χ1n) is 7.68. The molecule has 0 aliphatic rings. The lowest BCUT2D eigenvalue weighted by Gasteiger charge is -2.06. The normalized spacial score (nSPS) is 10.8. The number of rotatable bonds is 4. The SMILES string of the molecule is CCOC(=O)c1ccc2c(c1)nnc1cc(C(=O)OCC)ccc12. The summed E-state index contributed by atoms with van der Waals surface area (Å²) in [6.07, 6.45) is 0. The molecule has 2 aromatic carbocycles. The van der Waals surface area contributed by atoms with Crippen molar-refractivity contribution >= 4 is 33.7 Å². The Morgan fingerprint density at radius 1 is 0.792 bits per heavy atom. The average Bonchev–Trinajstić information content (AvgIpc) is 2.61. The van der Waals surface area contributed by atoms with Gasteiger partial charge < -0.3 is 9.47 Å². The van der Waals surface area contributed by atoms with Gasteiger partial charge in [-0.2, -0.15) is 0 Å². The summed E-state index contributed by atoms with van der Waals surface area (Å²) in [4.78, 5) is 23.6. The third-order valence-corrected chi connectivity index (χ3v) is 3.57. The molecule has 0 atom stereocenters. The maximum Gasteiger partial charge on any atom is 0.338 e. The van der Waals surface area contributed by atoms with Crippen LogP contribution in [0.3, 0.4) is 0 Å². The van der Waals surface area contributed by atoms with Crippen LogP contribution in [0.4, 0.5) is 0 Å². The van der Waals surface area contributed by atoms with Crippen molar-refractivity contribution in [2.45, 2.75) is 13.8 Å². The van der Waals surface area contributed by atoms with E-state index in [-0.39, 0.29) is 11.9 Å². The van der Waals surface area contributed by atoms with E-state index in [4.69, 9.17) is 9.47 Å². The molecule has 0 radical (unpaired) electrons. The van der Waals surface area contributed by atoms with Crippen molar-refractivity contribution in [1.29, 1.82) is 0 Å². The Morgan fingerprint density at radius 2 is 1.21 bits per heavy atom. The third-order valence-electron chi connectivity index (χ3n) is 3.57. The summed E-state index contributed by atoms with van der Waals surface area (Å²) < 4.78 is 9.98. The van der Waals surface area contributed by atoms with Gasteiger partial charge in [-0.15, -0.1) is 10.2 Å². The largest absolute Gasteiger partial charge is 0.462 e. The van der Waals surface area contributed by atoms with Gasteiger partial charge in [-0.1, -0.05) is 12.1 Å². The topological polar surface area (TPSA) is 78.4 Å². The Hall–Kier alpha value is -3.02. The minimum atomic E-state index is -0.390. The first-order valence-corrected chi connectivity index (χ1v) is 7.68. The van der Waals surface area contributed by atoms with Crippen LogP contribution in [-0.4, -0.2) is 35.3 Å². The number of esters is 2. The summed E-state index contributed by atoms with van der Waals surface area (Å²) in [5.41, 5.74) is 2.05. The molecule has 0 N–H and O–H groups in total. The number of hydrogen-bond donors (Lipinski definition) is 0. The molecule has 1 heterocycles. The third kappa shape index (κ3) is 2.90. The molecule has 0 spiro atoms. The van der Waals surface area contributed by atoms with Crippen LogP contribution in [0.2, 0.25) is 0 Å². The predicted octanol–water partition coefficient (Wildman–Crippen LogP) is 3.14. The second-order valence-electron chi connectivity index (χ2n) is 5.10. The average molecular weight is 324 g/mol. The summed E-state index contributed by atoms with van der Waals surface area (Å²) in [5.74, 6) is -0.780. The summed E-state index contributed by atoms with van der Waals surface area (Å²) in [6.45, 7) is 4.15. The highest BCUT2D eigenvalue weighted by Gasteiger charge is 2.12. The first-order chi connectivity index (χ1) is 11.6. The smallest absolute Gasteiger partial charge is 0.338 e. The maximum atomic E-state index is 11.8. The Balaban J connectivity index is 2.07. The molecule has 24 heavy (non-hydrogen) atoms. The zero-order valence-corrected chi connectivity index (χ0v) is 13.4. The van der Waals surface area contributed by atoms with Gasteiger partial charge in [0.1, 0.15) is 0 Å². The van der Waals surface area contributed by atoms with Crippen LogP contribution in [0, 0.1) is 0 Å². The molecule has 0 amide bonds. The molecule has 0 bridgehead atoms. The number of ether oxygens (including phenoxy) is 2. The summed E-state index contributed by atoms with van der Waals surface area (Å²) in [6, 6.07) is 10.3. The Kier molecular flexibility index (Phi) is 4.37. The van der Waals surface area contributed by atoms with Crippen molar-refractivity contribution in [2.75, 3.05) is 13.2 Å². The zero-order valence-electron chi connectivity index (χ0n) is 13.4. The molecular formula is C18H16N2O4. The second-order valence-corrected chi connectivity index (χ2v) is 5.10. The minimum Gasteiger partial charge on any atom is -0.462 e. The predicted molar refractivity (Wildman–Crippen MR) is 89.0 cm³/mol. The fourth-order valence-electron chi connectivity index (χ4n) is 2.47. The number of carbonyl (C=O) groups is 2. The van der Waals surface area contributed by atoms with Crippen LogP contribution in [0.1, 0.15) is 34.6 Å². The Morgan fingerprint density at radius 3 is 1.58 bits per heavy atom. The number of aromatic nitrogens is 2. The van der Waals surface area contributed by atoms with Crippen molar-refractivity contribution in [3.8, 4) is 0 Å². The minimum absolute atomic E-state index is 0.316. The van der Waals surface area contributed by atoms with E-state index in [0.717, 1.165) is 10.8 Å². The van der Waals surface area contributed by atoms with Crippen molar-refractivity contribution in [2.24, 2.45) is 0 Å². The summed E-state index contributed by atoms with van der Waals surface area (Å²) >= 11 is 0. The van der Waals surface area contributed by atoms with E-state index >= 15 is 0 Å². The number of carbonyl (C=O) groups excluding carboxylic acids is 2. The van der Waals surface area contributed by atoms with Gasteiger partial charge >= 0.3 is 11.9 Å². The van der Waals surface area contributed by atoms with Crippen LogP contribution >= 0.6 is 0 Å². The first kappa shape index (κ1) is 15.9. The van der Waals surface area contributed by atoms with Gasteiger partial charge in [0, 0.05) is 10.8 Å². The van der Waals surface area contributed by atoms with E-state index in [1.165, 1.54) is 0 Å². The number of hydrogen-bond acceptors (Lipinski definition) is 6. The molecule has 1 aromatic heterocycles. The van der Waals surface area contributed by atoms with Crippen molar-refractivity contribution in [1.82, 2.24) is 10.2 Å². The maximum absolute atomic E-state index is 11.8. The lowest BCUT2D eigenvalue weighted by Crippen LogP contribution is -2.05. The molecule has 3 aromatic rings. The van der Waals surface area contributed by atoms with Crippen LogP contribution in [-0.2, 0) is 9.47 Å². The standard InChI is InChI=1S/C18H16N2O4/c1-3-23-17(21)11-5-7-13-14-8-6-12(18(22)24-4-2)10-16(14)20-19-15(13)9-11/h5-10H,3-4H2,1-2H3. The van der Waals surface area contributed by atoms with Crippen molar-refractivity contribution in [3.05, 3.63) is 47.5 Å². The molecule has 6 nitrogen and oxygen atoms in total. The molecular weight excluding hydrogens is 308 g/mol. The molecule has 0 aliphatic carbocycles. The fourth-order valence-corrected chi connectivity index (χ4v) is 2.47. The van der Waals surface area contributed by atoms with E-state index < -0.39 is 0 Å². The van der Waals surface area contributed by atoms with Gasteiger partial charge in [0.2, 0.25) is 0 Å². The van der Waals surface area contributed by atoms with E-state index in [0.29, 0.717) is 35.4 Å². The van der Waals surface area contributed by atoms with Gasteiger partial charge in [-0.25, -0.2) is 9.59 Å². The van der Waals surface area contributed by atoms with E-state index in [1.54, 1.807) is 38.1 Å². The summed E-state index contributed by atoms with van der Waals surface area (Å²) in [5, 5.41) is 10.00. The monoisotopic (exact) mass is 324 g/mol. The molecule has 0 unspecified atom stereocenters. The van der Waals surface area contributed by atoms with E-state index in [2.05, 4.69) is 10.2 Å². The zero-order chi connectivity index (χ0) is 17.1. The Labute approximate surface area is 138 Å². The lowest BCUT2D eigenvalue weighted by molar-refractivity contribution is 0.0517. The van der Waals surface area contributed by atoms with Crippen molar-refractivity contribution < 1.29 is 19.1 Å². The van der Waals surface area contributed by atoms with Crippen LogP contribution < -0.4 is 0 Å². The Bertz CT molecular complexity index is 860. The molecule has 6 heteroatoms. The number of benzene rings is 2. The van der Waals surface area contributed by atoms with E-state index in [9.17, 15) is 9.59 Å². The van der Waals surface area contributed by atoms with Gasteiger partial charge in [0.05, 0.1) is 35.4 Å². The highest BCUT2D eigenvalue weighted by atomic mass is 16.5. The van der Waals surface area contributed by atoms with Gasteiger partial charge in [0.25, 0.3) is 0 Å². The molecule has 122 valence electrons. The quantitative estimate of drug-likeness (QED) is 0.542. The van der Waals surface area contributed by atoms with Crippen LogP contribution in [0.25, 0.3) is 21.8 Å². The molecule has 0 saturated heterocycles. The number of nitrogens with zero attached hydrogens (tertiary/aromatic N) is 2. The van der Waals surface area contributed by atoms with Gasteiger partial charge in [-0.05, 0) is 38.1 Å². The number of fused-ring (bicyclic) bond motifs is 3.